The molecular formula is C14H17FN2OS. The number of aromatic hydroxyl groups is 1. The standard InChI is InChI=1S/C14H17FN2OS/c1-3-4-12-13(8-16-2)19-14(17-12)10-6-5-9(18)7-11(10)15/h5-7,16,18H,3-4,8H2,1-2H3. The van der Waals surface area contributed by atoms with E-state index in [4.69, 9.17) is 0 Å². The Morgan fingerprint density at radius 1 is 1.42 bits per heavy atom. The van der Waals surface area contributed by atoms with Crippen molar-refractivity contribution in [2.45, 2.75) is 26.3 Å². The second kappa shape index (κ2) is 6.12. The van der Waals surface area contributed by atoms with Crippen LogP contribution in [0.3, 0.4) is 0 Å². The third-order valence-corrected chi connectivity index (χ3v) is 3.92. The minimum Gasteiger partial charge on any atom is -0.508 e. The van der Waals surface area contributed by atoms with Crippen LogP contribution in [-0.4, -0.2) is 17.1 Å². The molecule has 0 unspecified atom stereocenters. The van der Waals surface area contributed by atoms with Crippen LogP contribution in [0.5, 0.6) is 5.75 Å². The van der Waals surface area contributed by atoms with Gasteiger partial charge < -0.3 is 10.4 Å². The molecule has 0 amide bonds. The smallest absolute Gasteiger partial charge is 0.137 e. The third kappa shape index (κ3) is 3.11. The molecule has 5 heteroatoms. The molecule has 0 aliphatic carbocycles. The molecule has 1 aromatic carbocycles. The number of nitrogens with zero attached hydrogens (tertiary/aromatic N) is 1. The van der Waals surface area contributed by atoms with Gasteiger partial charge in [0.25, 0.3) is 0 Å². The average molecular weight is 280 g/mol. The summed E-state index contributed by atoms with van der Waals surface area (Å²) in [5.74, 6) is -0.505. The highest BCUT2D eigenvalue weighted by Crippen LogP contribution is 2.32. The monoisotopic (exact) mass is 280 g/mol. The first-order valence-electron chi connectivity index (χ1n) is 6.27. The van der Waals surface area contributed by atoms with Crippen molar-refractivity contribution in [2.75, 3.05) is 7.05 Å². The van der Waals surface area contributed by atoms with Crippen LogP contribution < -0.4 is 5.32 Å². The fraction of sp³-hybridized carbons (Fsp3) is 0.357. The van der Waals surface area contributed by atoms with Gasteiger partial charge in [0.15, 0.2) is 0 Å². The number of aryl methyl sites for hydroxylation is 1. The van der Waals surface area contributed by atoms with Crippen LogP contribution >= 0.6 is 11.3 Å². The Kier molecular flexibility index (Phi) is 4.50. The molecule has 2 aromatic rings. The summed E-state index contributed by atoms with van der Waals surface area (Å²) in [4.78, 5) is 5.68. The minimum atomic E-state index is -0.437. The Morgan fingerprint density at radius 3 is 2.84 bits per heavy atom. The van der Waals surface area contributed by atoms with E-state index in [-0.39, 0.29) is 5.75 Å². The van der Waals surface area contributed by atoms with Crippen LogP contribution in [0.1, 0.15) is 23.9 Å². The van der Waals surface area contributed by atoms with Crippen LogP contribution in [-0.2, 0) is 13.0 Å². The van der Waals surface area contributed by atoms with Gasteiger partial charge in [-0.3, -0.25) is 0 Å². The van der Waals surface area contributed by atoms with Gasteiger partial charge in [0.1, 0.15) is 16.6 Å². The van der Waals surface area contributed by atoms with Crippen molar-refractivity contribution in [3.8, 4) is 16.3 Å². The van der Waals surface area contributed by atoms with E-state index in [0.29, 0.717) is 10.6 Å². The van der Waals surface area contributed by atoms with Crippen molar-refractivity contribution in [1.29, 1.82) is 0 Å². The predicted molar refractivity (Wildman–Crippen MR) is 75.9 cm³/mol. The van der Waals surface area contributed by atoms with Crippen LogP contribution in [0.15, 0.2) is 18.2 Å². The summed E-state index contributed by atoms with van der Waals surface area (Å²) in [5, 5.41) is 13.0. The average Bonchev–Trinajstić information content (AvgIpc) is 2.73. The number of benzene rings is 1. The van der Waals surface area contributed by atoms with Crippen LogP contribution in [0, 0.1) is 5.82 Å². The Bertz CT molecular complexity index is 545. The lowest BCUT2D eigenvalue weighted by molar-refractivity contribution is 0.469. The molecule has 0 aliphatic rings. The maximum Gasteiger partial charge on any atom is 0.137 e. The van der Waals surface area contributed by atoms with Crippen LogP contribution in [0.25, 0.3) is 10.6 Å². The number of thiazole rings is 1. The van der Waals surface area contributed by atoms with E-state index in [1.54, 1.807) is 6.07 Å². The van der Waals surface area contributed by atoms with Gasteiger partial charge in [-0.05, 0) is 25.6 Å². The van der Waals surface area contributed by atoms with Gasteiger partial charge in [0.2, 0.25) is 0 Å². The number of aromatic nitrogens is 1. The quantitative estimate of drug-likeness (QED) is 0.883. The van der Waals surface area contributed by atoms with Gasteiger partial charge in [0, 0.05) is 23.1 Å². The zero-order valence-corrected chi connectivity index (χ0v) is 11.9. The summed E-state index contributed by atoms with van der Waals surface area (Å²) in [6.45, 7) is 2.84. The highest BCUT2D eigenvalue weighted by atomic mass is 32.1. The molecule has 0 atom stereocenters. The summed E-state index contributed by atoms with van der Waals surface area (Å²) in [6, 6.07) is 4.17. The van der Waals surface area contributed by atoms with Gasteiger partial charge >= 0.3 is 0 Å². The summed E-state index contributed by atoms with van der Waals surface area (Å²) < 4.78 is 13.8. The number of nitrogens with one attached hydrogen (secondary N) is 1. The first kappa shape index (κ1) is 14.0. The molecule has 0 radical (unpaired) electrons. The molecule has 0 aliphatic heterocycles. The maximum absolute atomic E-state index is 13.8. The molecule has 2 N–H and O–H groups in total. The molecule has 0 saturated carbocycles. The topological polar surface area (TPSA) is 45.2 Å². The van der Waals surface area contributed by atoms with Gasteiger partial charge in [-0.15, -0.1) is 11.3 Å². The molecule has 0 bridgehead atoms. The number of hydrogen-bond acceptors (Lipinski definition) is 4. The Morgan fingerprint density at radius 2 is 2.21 bits per heavy atom. The predicted octanol–water partition coefficient (Wildman–Crippen LogP) is 3.33. The molecule has 2 rings (SSSR count). The lowest BCUT2D eigenvalue weighted by Crippen LogP contribution is -2.05. The zero-order chi connectivity index (χ0) is 13.8. The first-order chi connectivity index (χ1) is 9.15. The summed E-state index contributed by atoms with van der Waals surface area (Å²) >= 11 is 1.50. The molecule has 1 aromatic heterocycles. The summed E-state index contributed by atoms with van der Waals surface area (Å²) in [5.41, 5.74) is 1.48. The summed E-state index contributed by atoms with van der Waals surface area (Å²) in [7, 11) is 1.89. The van der Waals surface area contributed by atoms with Crippen molar-refractivity contribution in [3.05, 3.63) is 34.6 Å². The lowest BCUT2D eigenvalue weighted by atomic mass is 10.2. The van der Waals surface area contributed by atoms with E-state index in [1.807, 2.05) is 7.05 Å². The second-order valence-electron chi connectivity index (χ2n) is 4.33. The molecule has 3 nitrogen and oxygen atoms in total. The minimum absolute atomic E-state index is 0.0676. The molecule has 0 fully saturated rings. The van der Waals surface area contributed by atoms with E-state index in [2.05, 4.69) is 17.2 Å². The van der Waals surface area contributed by atoms with E-state index < -0.39 is 5.82 Å². The van der Waals surface area contributed by atoms with E-state index in [9.17, 15) is 9.50 Å². The fourth-order valence-corrected chi connectivity index (χ4v) is 3.05. The first-order valence-corrected chi connectivity index (χ1v) is 7.09. The normalized spacial score (nSPS) is 10.9. The van der Waals surface area contributed by atoms with Crippen molar-refractivity contribution in [1.82, 2.24) is 10.3 Å². The van der Waals surface area contributed by atoms with Crippen LogP contribution in [0.2, 0.25) is 0 Å². The molecule has 1 heterocycles. The number of rotatable bonds is 5. The van der Waals surface area contributed by atoms with Crippen molar-refractivity contribution >= 4 is 11.3 Å². The van der Waals surface area contributed by atoms with Crippen molar-refractivity contribution in [3.63, 3.8) is 0 Å². The Hall–Kier alpha value is -1.46. The highest BCUT2D eigenvalue weighted by Gasteiger charge is 2.14. The zero-order valence-electron chi connectivity index (χ0n) is 11.0. The molecule has 0 spiro atoms. The number of phenols is 1. The van der Waals surface area contributed by atoms with Gasteiger partial charge in [-0.25, -0.2) is 9.37 Å². The largest absolute Gasteiger partial charge is 0.508 e. The number of hydrogen-bond donors (Lipinski definition) is 2. The highest BCUT2D eigenvalue weighted by molar-refractivity contribution is 7.15. The number of phenolic OH excluding ortho intramolecular Hbond substituents is 1. The van der Waals surface area contributed by atoms with Gasteiger partial charge in [-0.1, -0.05) is 13.3 Å². The SMILES string of the molecule is CCCc1nc(-c2ccc(O)cc2F)sc1CNC. The molecular weight excluding hydrogens is 263 g/mol. The molecule has 0 saturated heterocycles. The molecule has 102 valence electrons. The van der Waals surface area contributed by atoms with Crippen molar-refractivity contribution < 1.29 is 9.50 Å². The molecule has 19 heavy (non-hydrogen) atoms. The fourth-order valence-electron chi connectivity index (χ4n) is 1.91. The third-order valence-electron chi connectivity index (χ3n) is 2.79. The maximum atomic E-state index is 13.8. The Labute approximate surface area is 116 Å². The summed E-state index contributed by atoms with van der Waals surface area (Å²) in [6.07, 6.45) is 1.91. The Balaban J connectivity index is 2.41. The van der Waals surface area contributed by atoms with E-state index in [1.165, 1.54) is 17.4 Å². The van der Waals surface area contributed by atoms with E-state index >= 15 is 0 Å². The lowest BCUT2D eigenvalue weighted by Gasteiger charge is -1.99. The van der Waals surface area contributed by atoms with E-state index in [0.717, 1.165) is 36.0 Å². The van der Waals surface area contributed by atoms with Crippen LogP contribution in [0.4, 0.5) is 4.39 Å². The van der Waals surface area contributed by atoms with Gasteiger partial charge in [0.05, 0.1) is 5.69 Å². The second-order valence-corrected chi connectivity index (χ2v) is 5.42. The van der Waals surface area contributed by atoms with Crippen molar-refractivity contribution in [2.24, 2.45) is 0 Å². The van der Waals surface area contributed by atoms with Gasteiger partial charge in [-0.2, -0.15) is 0 Å². The number of halogens is 1.